The molecule has 5 N–H and O–H groups in total. The molecule has 0 bridgehead atoms. The van der Waals surface area contributed by atoms with E-state index in [0.29, 0.717) is 0 Å². The van der Waals surface area contributed by atoms with Crippen LogP contribution in [0, 0.1) is 0 Å². The number of aromatic nitrogens is 2. The molecule has 76 valence electrons. The summed E-state index contributed by atoms with van der Waals surface area (Å²) >= 11 is 0. The summed E-state index contributed by atoms with van der Waals surface area (Å²) in [6.07, 6.45) is 2.79. The Morgan fingerprint density at radius 3 is 3.07 bits per heavy atom. The highest BCUT2D eigenvalue weighted by Crippen LogP contribution is 2.07. The molecular weight excluding hydrogens is 190 g/mol. The van der Waals surface area contributed by atoms with Gasteiger partial charge in [-0.15, -0.1) is 0 Å². The first-order valence-corrected chi connectivity index (χ1v) is 3.65. The van der Waals surface area contributed by atoms with Gasteiger partial charge in [-0.2, -0.15) is 0 Å². The van der Waals surface area contributed by atoms with Gasteiger partial charge in [0.25, 0.3) is 0 Å². The molecule has 0 spiro atoms. The fraction of sp³-hybridized carbons (Fsp3) is 0.167. The number of aromatic carboxylic acids is 1. The lowest BCUT2D eigenvalue weighted by molar-refractivity contribution is 0.0685. The SMILES string of the molecule is N/C=C\NCNc1nonc1C(=O)O. The second-order valence-corrected chi connectivity index (χ2v) is 2.18. The molecule has 1 rings (SSSR count). The number of nitrogens with zero attached hydrogens (tertiary/aromatic N) is 2. The van der Waals surface area contributed by atoms with Crippen molar-refractivity contribution in [2.24, 2.45) is 5.73 Å². The summed E-state index contributed by atoms with van der Waals surface area (Å²) < 4.78 is 4.25. The van der Waals surface area contributed by atoms with Crippen LogP contribution in [0.2, 0.25) is 0 Å². The molecule has 1 aromatic rings. The average molecular weight is 199 g/mol. The Labute approximate surface area is 78.7 Å². The summed E-state index contributed by atoms with van der Waals surface area (Å²) in [6, 6.07) is 0. The van der Waals surface area contributed by atoms with Crippen LogP contribution < -0.4 is 16.4 Å². The van der Waals surface area contributed by atoms with Crippen LogP contribution >= 0.6 is 0 Å². The van der Waals surface area contributed by atoms with E-state index in [1.807, 2.05) is 0 Å². The van der Waals surface area contributed by atoms with Crippen LogP contribution in [0.1, 0.15) is 10.5 Å². The van der Waals surface area contributed by atoms with Crippen molar-refractivity contribution in [3.8, 4) is 0 Å². The fourth-order valence-electron chi connectivity index (χ4n) is 0.707. The maximum Gasteiger partial charge on any atom is 0.362 e. The number of anilines is 1. The number of nitrogens with one attached hydrogen (secondary N) is 2. The molecule has 0 amide bonds. The third-order valence-electron chi connectivity index (χ3n) is 1.26. The van der Waals surface area contributed by atoms with Crippen LogP contribution in [-0.4, -0.2) is 28.1 Å². The van der Waals surface area contributed by atoms with Crippen LogP contribution in [0.15, 0.2) is 17.0 Å². The molecule has 0 atom stereocenters. The molecule has 0 radical (unpaired) electrons. The summed E-state index contributed by atoms with van der Waals surface area (Å²) in [4.78, 5) is 10.5. The Morgan fingerprint density at radius 2 is 2.43 bits per heavy atom. The second kappa shape index (κ2) is 4.70. The van der Waals surface area contributed by atoms with Gasteiger partial charge in [0.05, 0.1) is 6.67 Å². The number of hydrogen-bond donors (Lipinski definition) is 4. The minimum atomic E-state index is -1.21. The Hall–Kier alpha value is -2.25. The molecule has 8 nitrogen and oxygen atoms in total. The van der Waals surface area contributed by atoms with Gasteiger partial charge in [-0.05, 0) is 10.3 Å². The van der Waals surface area contributed by atoms with Gasteiger partial charge < -0.3 is 21.5 Å². The zero-order valence-corrected chi connectivity index (χ0v) is 7.10. The normalized spacial score (nSPS) is 10.3. The Balaban J connectivity index is 2.50. The van der Waals surface area contributed by atoms with Crippen molar-refractivity contribution in [1.29, 1.82) is 0 Å². The summed E-state index contributed by atoms with van der Waals surface area (Å²) in [6.45, 7) is 0.266. The van der Waals surface area contributed by atoms with E-state index in [4.69, 9.17) is 10.8 Å². The first-order chi connectivity index (χ1) is 6.75. The van der Waals surface area contributed by atoms with E-state index in [1.54, 1.807) is 0 Å². The zero-order valence-electron chi connectivity index (χ0n) is 7.10. The number of carboxylic acids is 1. The predicted octanol–water partition coefficient (Wildman–Crippen LogP) is -0.843. The standard InChI is InChI=1S/C6H9N5O3/c7-1-2-8-3-9-5-4(6(12)13)10-14-11-5/h1-2,8H,3,7H2,(H,9,11)(H,12,13)/b2-1-. The van der Waals surface area contributed by atoms with Crippen molar-refractivity contribution in [2.45, 2.75) is 0 Å². The highest BCUT2D eigenvalue weighted by Gasteiger charge is 2.15. The summed E-state index contributed by atoms with van der Waals surface area (Å²) in [5.74, 6) is -1.14. The highest BCUT2D eigenvalue weighted by atomic mass is 16.6. The lowest BCUT2D eigenvalue weighted by atomic mass is 10.4. The zero-order chi connectivity index (χ0) is 10.4. The first-order valence-electron chi connectivity index (χ1n) is 3.65. The van der Waals surface area contributed by atoms with E-state index in [2.05, 4.69) is 25.6 Å². The van der Waals surface area contributed by atoms with Gasteiger partial charge in [0.2, 0.25) is 11.5 Å². The number of carbonyl (C=O) groups is 1. The molecular formula is C6H9N5O3. The number of carboxylic acid groups (broad SMARTS) is 1. The van der Waals surface area contributed by atoms with Gasteiger partial charge in [0, 0.05) is 12.4 Å². The van der Waals surface area contributed by atoms with E-state index < -0.39 is 5.97 Å². The Kier molecular flexibility index (Phi) is 3.30. The number of rotatable bonds is 5. The lowest BCUT2D eigenvalue weighted by Gasteiger charge is -2.00. The second-order valence-electron chi connectivity index (χ2n) is 2.18. The summed E-state index contributed by atoms with van der Waals surface area (Å²) in [5.41, 5.74) is 4.79. The van der Waals surface area contributed by atoms with Crippen LogP contribution in [0.25, 0.3) is 0 Å². The van der Waals surface area contributed by atoms with E-state index in [9.17, 15) is 4.79 Å². The Morgan fingerprint density at radius 1 is 1.64 bits per heavy atom. The largest absolute Gasteiger partial charge is 0.476 e. The van der Waals surface area contributed by atoms with E-state index >= 15 is 0 Å². The van der Waals surface area contributed by atoms with Crippen molar-refractivity contribution in [2.75, 3.05) is 12.0 Å². The van der Waals surface area contributed by atoms with Crippen molar-refractivity contribution in [1.82, 2.24) is 15.6 Å². The van der Waals surface area contributed by atoms with Crippen LogP contribution in [0.3, 0.4) is 0 Å². The lowest BCUT2D eigenvalue weighted by Crippen LogP contribution is -2.18. The molecule has 1 heterocycles. The minimum Gasteiger partial charge on any atom is -0.476 e. The molecule has 0 saturated carbocycles. The van der Waals surface area contributed by atoms with E-state index in [-0.39, 0.29) is 18.2 Å². The van der Waals surface area contributed by atoms with Crippen molar-refractivity contribution < 1.29 is 14.5 Å². The third-order valence-corrected chi connectivity index (χ3v) is 1.26. The average Bonchev–Trinajstić information content (AvgIpc) is 2.60. The van der Waals surface area contributed by atoms with Crippen LogP contribution in [-0.2, 0) is 0 Å². The smallest absolute Gasteiger partial charge is 0.362 e. The van der Waals surface area contributed by atoms with Gasteiger partial charge in [0.15, 0.2) is 0 Å². The van der Waals surface area contributed by atoms with Crippen LogP contribution in [0.4, 0.5) is 5.82 Å². The van der Waals surface area contributed by atoms with E-state index in [1.165, 1.54) is 12.4 Å². The van der Waals surface area contributed by atoms with Gasteiger partial charge in [-0.3, -0.25) is 0 Å². The monoisotopic (exact) mass is 199 g/mol. The molecule has 0 aliphatic heterocycles. The first kappa shape index (κ1) is 9.84. The molecule has 0 unspecified atom stereocenters. The van der Waals surface area contributed by atoms with Crippen molar-refractivity contribution in [3.63, 3.8) is 0 Å². The molecule has 0 saturated heterocycles. The molecule has 14 heavy (non-hydrogen) atoms. The quantitative estimate of drug-likeness (QED) is 0.357. The molecule has 8 heteroatoms. The summed E-state index contributed by atoms with van der Waals surface area (Å²) in [7, 11) is 0. The Bertz CT molecular complexity index is 334. The third kappa shape index (κ3) is 2.37. The predicted molar refractivity (Wildman–Crippen MR) is 46.2 cm³/mol. The van der Waals surface area contributed by atoms with Gasteiger partial charge in [-0.1, -0.05) is 0 Å². The van der Waals surface area contributed by atoms with Crippen molar-refractivity contribution >= 4 is 11.8 Å². The number of hydrogen-bond acceptors (Lipinski definition) is 7. The maximum atomic E-state index is 10.5. The van der Waals surface area contributed by atoms with Gasteiger partial charge >= 0.3 is 5.97 Å². The summed E-state index contributed by atoms with van der Waals surface area (Å²) in [5, 5.41) is 20.5. The number of nitrogens with two attached hydrogens (primary N) is 1. The van der Waals surface area contributed by atoms with Crippen molar-refractivity contribution in [3.05, 3.63) is 18.1 Å². The maximum absolute atomic E-state index is 10.5. The van der Waals surface area contributed by atoms with Gasteiger partial charge in [-0.25, -0.2) is 9.42 Å². The van der Waals surface area contributed by atoms with E-state index in [0.717, 1.165) is 0 Å². The molecule has 0 aromatic carbocycles. The topological polar surface area (TPSA) is 126 Å². The van der Waals surface area contributed by atoms with Crippen LogP contribution in [0.5, 0.6) is 0 Å². The fourth-order valence-corrected chi connectivity index (χ4v) is 0.707. The molecule has 0 fully saturated rings. The molecule has 0 aliphatic rings. The highest BCUT2D eigenvalue weighted by molar-refractivity contribution is 5.90. The molecule has 1 aromatic heterocycles. The molecule has 0 aliphatic carbocycles. The minimum absolute atomic E-state index is 0.0652. The van der Waals surface area contributed by atoms with Gasteiger partial charge in [0.1, 0.15) is 0 Å².